The summed E-state index contributed by atoms with van der Waals surface area (Å²) in [6.07, 6.45) is 3.91. The largest absolute Gasteiger partial charge is 0.356 e. The molecule has 0 saturated carbocycles. The van der Waals surface area contributed by atoms with Gasteiger partial charge in [-0.05, 0) is 36.3 Å². The van der Waals surface area contributed by atoms with E-state index in [1.54, 1.807) is 0 Å². The number of aromatic nitrogens is 1. The number of hydrogen-bond acceptors (Lipinski definition) is 3. The van der Waals surface area contributed by atoms with Crippen LogP contribution in [0.25, 0.3) is 0 Å². The minimum absolute atomic E-state index is 0.241. The molecule has 1 aromatic rings. The summed E-state index contributed by atoms with van der Waals surface area (Å²) < 4.78 is 0. The fourth-order valence-electron chi connectivity index (χ4n) is 2.31. The van der Waals surface area contributed by atoms with Gasteiger partial charge in [0.25, 0.3) is 0 Å². The molecule has 3 nitrogen and oxygen atoms in total. The van der Waals surface area contributed by atoms with Crippen LogP contribution in [0, 0.1) is 11.8 Å². The van der Waals surface area contributed by atoms with E-state index >= 15 is 0 Å². The summed E-state index contributed by atoms with van der Waals surface area (Å²) in [5, 5.41) is 0. The lowest BCUT2D eigenvalue weighted by Gasteiger charge is -2.27. The number of pyridine rings is 1. The van der Waals surface area contributed by atoms with Crippen LogP contribution in [0.3, 0.4) is 0 Å². The molecule has 0 aliphatic carbocycles. The van der Waals surface area contributed by atoms with Crippen molar-refractivity contribution in [3.63, 3.8) is 0 Å². The highest BCUT2D eigenvalue weighted by Gasteiger charge is 2.12. The summed E-state index contributed by atoms with van der Waals surface area (Å²) in [7, 11) is 0. The van der Waals surface area contributed by atoms with Crippen molar-refractivity contribution in [2.45, 2.75) is 53.5 Å². The molecule has 0 radical (unpaired) electrons. The van der Waals surface area contributed by atoms with Crippen LogP contribution in [0.1, 0.15) is 46.6 Å². The van der Waals surface area contributed by atoms with Gasteiger partial charge >= 0.3 is 0 Å². The third-order valence-corrected chi connectivity index (χ3v) is 3.33. The summed E-state index contributed by atoms with van der Waals surface area (Å²) >= 11 is 0. The first-order valence-corrected chi connectivity index (χ1v) is 7.87. The Balaban J connectivity index is 2.76. The van der Waals surface area contributed by atoms with E-state index in [9.17, 15) is 0 Å². The van der Waals surface area contributed by atoms with Gasteiger partial charge in [0.2, 0.25) is 0 Å². The predicted molar refractivity (Wildman–Crippen MR) is 88.1 cm³/mol. The van der Waals surface area contributed by atoms with Gasteiger partial charge < -0.3 is 10.6 Å². The summed E-state index contributed by atoms with van der Waals surface area (Å²) in [6, 6.07) is 4.55. The molecule has 1 unspecified atom stereocenters. The maximum absolute atomic E-state index is 6.00. The van der Waals surface area contributed by atoms with Crippen LogP contribution >= 0.6 is 0 Å². The van der Waals surface area contributed by atoms with E-state index in [1.165, 1.54) is 5.56 Å². The van der Waals surface area contributed by atoms with Gasteiger partial charge in [0.1, 0.15) is 5.82 Å². The average molecular weight is 277 g/mol. The molecule has 1 aromatic heterocycles. The van der Waals surface area contributed by atoms with Crippen molar-refractivity contribution in [1.82, 2.24) is 4.98 Å². The van der Waals surface area contributed by atoms with Crippen LogP contribution in [0.5, 0.6) is 0 Å². The summed E-state index contributed by atoms with van der Waals surface area (Å²) in [4.78, 5) is 7.03. The van der Waals surface area contributed by atoms with Crippen molar-refractivity contribution in [3.8, 4) is 0 Å². The van der Waals surface area contributed by atoms with Gasteiger partial charge in [-0.15, -0.1) is 0 Å². The molecule has 0 aliphatic heterocycles. The topological polar surface area (TPSA) is 42.1 Å². The number of nitrogens with zero attached hydrogens (tertiary/aromatic N) is 2. The van der Waals surface area contributed by atoms with Crippen LogP contribution in [-0.4, -0.2) is 24.1 Å². The first-order valence-electron chi connectivity index (χ1n) is 7.87. The van der Waals surface area contributed by atoms with Crippen LogP contribution in [0.15, 0.2) is 18.3 Å². The van der Waals surface area contributed by atoms with Crippen molar-refractivity contribution in [3.05, 3.63) is 23.9 Å². The SMILES string of the molecule is CCC(N)Cc1ccc(N(CC(C)C)CC(C)C)nc1. The van der Waals surface area contributed by atoms with Crippen LogP contribution in [-0.2, 0) is 6.42 Å². The van der Waals surface area contributed by atoms with Crippen molar-refractivity contribution < 1.29 is 0 Å². The van der Waals surface area contributed by atoms with Gasteiger partial charge in [0, 0.05) is 25.3 Å². The lowest BCUT2D eigenvalue weighted by atomic mass is 10.1. The monoisotopic (exact) mass is 277 g/mol. The van der Waals surface area contributed by atoms with Crippen molar-refractivity contribution in [1.29, 1.82) is 0 Å². The first-order chi connectivity index (χ1) is 9.42. The van der Waals surface area contributed by atoms with Crippen LogP contribution in [0.2, 0.25) is 0 Å². The Kier molecular flexibility index (Phi) is 7.00. The number of rotatable bonds is 8. The molecular weight excluding hydrogens is 246 g/mol. The average Bonchev–Trinajstić information content (AvgIpc) is 2.37. The molecule has 2 N–H and O–H groups in total. The highest BCUT2D eigenvalue weighted by Crippen LogP contribution is 2.16. The molecule has 1 rings (SSSR count). The van der Waals surface area contributed by atoms with E-state index < -0.39 is 0 Å². The van der Waals surface area contributed by atoms with Gasteiger partial charge in [0.05, 0.1) is 0 Å². The van der Waals surface area contributed by atoms with Crippen molar-refractivity contribution in [2.75, 3.05) is 18.0 Å². The van der Waals surface area contributed by atoms with E-state index in [-0.39, 0.29) is 6.04 Å². The summed E-state index contributed by atoms with van der Waals surface area (Å²) in [5.41, 5.74) is 7.23. The zero-order chi connectivity index (χ0) is 15.1. The highest BCUT2D eigenvalue weighted by atomic mass is 15.2. The molecule has 0 saturated heterocycles. The highest BCUT2D eigenvalue weighted by molar-refractivity contribution is 5.39. The van der Waals surface area contributed by atoms with Gasteiger partial charge in [-0.3, -0.25) is 0 Å². The second kappa shape index (κ2) is 8.25. The number of anilines is 1. The van der Waals surface area contributed by atoms with Crippen LogP contribution in [0.4, 0.5) is 5.82 Å². The maximum Gasteiger partial charge on any atom is 0.128 e. The lowest BCUT2D eigenvalue weighted by Crippen LogP contribution is -2.32. The molecule has 1 atom stereocenters. The molecule has 0 aliphatic rings. The van der Waals surface area contributed by atoms with E-state index in [0.717, 1.165) is 31.7 Å². The smallest absolute Gasteiger partial charge is 0.128 e. The third-order valence-electron chi connectivity index (χ3n) is 3.33. The zero-order valence-electron chi connectivity index (χ0n) is 13.8. The lowest BCUT2D eigenvalue weighted by molar-refractivity contribution is 0.548. The van der Waals surface area contributed by atoms with Gasteiger partial charge in [-0.2, -0.15) is 0 Å². The molecule has 1 heterocycles. The Bertz CT molecular complexity index is 360. The molecule has 0 bridgehead atoms. The Labute approximate surface area is 124 Å². The quantitative estimate of drug-likeness (QED) is 0.791. The zero-order valence-corrected chi connectivity index (χ0v) is 13.8. The van der Waals surface area contributed by atoms with Crippen molar-refractivity contribution in [2.24, 2.45) is 17.6 Å². The molecule has 114 valence electrons. The Morgan fingerprint density at radius 2 is 1.70 bits per heavy atom. The maximum atomic E-state index is 6.00. The van der Waals surface area contributed by atoms with Gasteiger partial charge in [-0.25, -0.2) is 4.98 Å². The molecule has 0 aromatic carbocycles. The fraction of sp³-hybridized carbons (Fsp3) is 0.706. The number of hydrogen-bond donors (Lipinski definition) is 1. The Morgan fingerprint density at radius 1 is 1.10 bits per heavy atom. The molecule has 0 amide bonds. The minimum atomic E-state index is 0.241. The fourth-order valence-corrected chi connectivity index (χ4v) is 2.31. The van der Waals surface area contributed by atoms with Gasteiger partial charge in [0.15, 0.2) is 0 Å². The second-order valence-corrected chi connectivity index (χ2v) is 6.59. The summed E-state index contributed by atoms with van der Waals surface area (Å²) in [6.45, 7) is 13.2. The second-order valence-electron chi connectivity index (χ2n) is 6.59. The first kappa shape index (κ1) is 17.0. The standard InChI is InChI=1S/C17H31N3/c1-6-16(18)9-15-7-8-17(19-10-15)20(11-13(2)3)12-14(4)5/h7-8,10,13-14,16H,6,9,11-12,18H2,1-5H3. The molecule has 0 spiro atoms. The van der Waals surface area contributed by atoms with E-state index in [1.807, 2.05) is 6.20 Å². The normalized spacial score (nSPS) is 13.0. The third kappa shape index (κ3) is 5.91. The molecular formula is C17H31N3. The Hall–Kier alpha value is -1.09. The van der Waals surface area contributed by atoms with Gasteiger partial charge in [-0.1, -0.05) is 40.7 Å². The minimum Gasteiger partial charge on any atom is -0.356 e. The molecule has 0 fully saturated rings. The van der Waals surface area contributed by atoms with E-state index in [4.69, 9.17) is 5.73 Å². The number of nitrogens with two attached hydrogens (primary N) is 1. The molecule has 3 heteroatoms. The molecule has 20 heavy (non-hydrogen) atoms. The van der Waals surface area contributed by atoms with Crippen LogP contribution < -0.4 is 10.6 Å². The van der Waals surface area contributed by atoms with E-state index in [2.05, 4.69) is 56.6 Å². The predicted octanol–water partition coefficient (Wildman–Crippen LogP) is 3.48. The van der Waals surface area contributed by atoms with Crippen molar-refractivity contribution >= 4 is 5.82 Å². The van der Waals surface area contributed by atoms with E-state index in [0.29, 0.717) is 11.8 Å². The summed E-state index contributed by atoms with van der Waals surface area (Å²) in [5.74, 6) is 2.37. The Morgan fingerprint density at radius 3 is 2.10 bits per heavy atom.